The molecule has 1 aromatic rings. The van der Waals surface area contributed by atoms with Crippen LogP contribution in [0.15, 0.2) is 24.5 Å². The highest BCUT2D eigenvalue weighted by molar-refractivity contribution is 5.78. The number of piperidine rings is 1. The number of carbonyl (C=O) groups is 2. The maximum Gasteiger partial charge on any atom is 0.310 e. The van der Waals surface area contributed by atoms with Gasteiger partial charge in [0.05, 0.1) is 12.5 Å². The Kier molecular flexibility index (Phi) is 6.37. The van der Waals surface area contributed by atoms with Crippen LogP contribution in [0, 0.1) is 5.92 Å². The molecule has 1 atom stereocenters. The lowest BCUT2D eigenvalue weighted by Gasteiger charge is -2.31. The number of nitrogens with zero attached hydrogens (tertiary/aromatic N) is 2. The number of carbonyl (C=O) groups excluding carboxylic acids is 2. The van der Waals surface area contributed by atoms with E-state index >= 15 is 0 Å². The van der Waals surface area contributed by atoms with Crippen LogP contribution in [0.1, 0.15) is 38.2 Å². The summed E-state index contributed by atoms with van der Waals surface area (Å²) < 4.78 is 5.06. The van der Waals surface area contributed by atoms with Crippen molar-refractivity contribution >= 4 is 11.9 Å². The summed E-state index contributed by atoms with van der Waals surface area (Å²) in [6.07, 6.45) is 7.46. The Bertz CT molecular complexity index is 490. The number of pyridine rings is 1. The van der Waals surface area contributed by atoms with Crippen molar-refractivity contribution in [3.05, 3.63) is 30.1 Å². The van der Waals surface area contributed by atoms with Crippen LogP contribution in [-0.4, -0.2) is 41.5 Å². The smallest absolute Gasteiger partial charge is 0.310 e. The second kappa shape index (κ2) is 8.51. The van der Waals surface area contributed by atoms with Gasteiger partial charge in [-0.15, -0.1) is 0 Å². The zero-order valence-electron chi connectivity index (χ0n) is 13.2. The van der Waals surface area contributed by atoms with Crippen LogP contribution in [-0.2, 0) is 20.7 Å². The van der Waals surface area contributed by atoms with Gasteiger partial charge in [0.2, 0.25) is 5.91 Å². The van der Waals surface area contributed by atoms with E-state index in [4.69, 9.17) is 4.74 Å². The molecule has 120 valence electrons. The number of rotatable bonds is 6. The average Bonchev–Trinajstić information content (AvgIpc) is 2.56. The highest BCUT2D eigenvalue weighted by Crippen LogP contribution is 2.19. The van der Waals surface area contributed by atoms with Crippen molar-refractivity contribution in [3.8, 4) is 0 Å². The number of aromatic nitrogens is 1. The fourth-order valence-electron chi connectivity index (χ4n) is 2.80. The summed E-state index contributed by atoms with van der Waals surface area (Å²) in [5.74, 6) is -0.191. The Hall–Kier alpha value is -1.91. The summed E-state index contributed by atoms with van der Waals surface area (Å²) in [6.45, 7) is 3.46. The molecule has 5 heteroatoms. The molecular formula is C17H24N2O3. The minimum atomic E-state index is -0.171. The lowest BCUT2D eigenvalue weighted by atomic mass is 9.97. The number of esters is 1. The van der Waals surface area contributed by atoms with Crippen molar-refractivity contribution in [2.75, 3.05) is 19.7 Å². The molecule has 0 radical (unpaired) electrons. The molecule has 1 aliphatic heterocycles. The van der Waals surface area contributed by atoms with E-state index in [1.165, 1.54) is 0 Å². The third-order valence-corrected chi connectivity index (χ3v) is 3.97. The lowest BCUT2D eigenvalue weighted by molar-refractivity contribution is -0.151. The maximum atomic E-state index is 12.3. The molecule has 1 unspecified atom stereocenters. The molecule has 0 bridgehead atoms. The molecule has 22 heavy (non-hydrogen) atoms. The minimum Gasteiger partial charge on any atom is -0.466 e. The number of hydrogen-bond donors (Lipinski definition) is 0. The number of aryl methyl sites for hydroxylation is 1. The van der Waals surface area contributed by atoms with Crippen molar-refractivity contribution in [1.29, 1.82) is 0 Å². The molecule has 2 heterocycles. The van der Waals surface area contributed by atoms with Crippen LogP contribution in [0.25, 0.3) is 0 Å². The van der Waals surface area contributed by atoms with Crippen molar-refractivity contribution in [3.63, 3.8) is 0 Å². The molecule has 5 nitrogen and oxygen atoms in total. The normalized spacial score (nSPS) is 18.0. The Morgan fingerprint density at radius 2 is 2.32 bits per heavy atom. The van der Waals surface area contributed by atoms with Gasteiger partial charge in [0, 0.05) is 31.9 Å². The number of amides is 1. The first-order valence-corrected chi connectivity index (χ1v) is 8.04. The third-order valence-electron chi connectivity index (χ3n) is 3.97. The van der Waals surface area contributed by atoms with E-state index in [1.807, 2.05) is 30.2 Å². The van der Waals surface area contributed by atoms with Gasteiger partial charge in [-0.1, -0.05) is 6.07 Å². The second-order valence-corrected chi connectivity index (χ2v) is 5.65. The summed E-state index contributed by atoms with van der Waals surface area (Å²) in [6, 6.07) is 3.93. The number of hydrogen-bond acceptors (Lipinski definition) is 4. The lowest BCUT2D eigenvalue weighted by Crippen LogP contribution is -2.42. The maximum absolute atomic E-state index is 12.3. The first-order valence-electron chi connectivity index (χ1n) is 8.04. The molecule has 0 aromatic carbocycles. The van der Waals surface area contributed by atoms with Gasteiger partial charge in [-0.2, -0.15) is 0 Å². The minimum absolute atomic E-state index is 0.137. The van der Waals surface area contributed by atoms with Gasteiger partial charge in [-0.05, 0) is 44.2 Å². The molecule has 0 N–H and O–H groups in total. The number of likely N-dealkylation sites (tertiary alicyclic amines) is 1. The fraction of sp³-hybridized carbons (Fsp3) is 0.588. The van der Waals surface area contributed by atoms with Crippen molar-refractivity contribution in [2.45, 2.75) is 39.0 Å². The first-order chi connectivity index (χ1) is 10.7. The Labute approximate surface area is 131 Å². The van der Waals surface area contributed by atoms with E-state index in [0.717, 1.165) is 37.8 Å². The van der Waals surface area contributed by atoms with E-state index < -0.39 is 0 Å². The molecule has 1 amide bonds. The Morgan fingerprint density at radius 1 is 1.45 bits per heavy atom. The van der Waals surface area contributed by atoms with Gasteiger partial charge in [0.1, 0.15) is 0 Å². The standard InChI is InChI=1S/C17H24N2O3/c1-2-22-17(21)15-8-5-11-19(13-15)16(20)9-3-6-14-7-4-10-18-12-14/h4,7,10,12,15H,2-3,5-6,8-9,11,13H2,1H3. The van der Waals surface area contributed by atoms with Gasteiger partial charge in [-0.3, -0.25) is 14.6 Å². The van der Waals surface area contributed by atoms with Gasteiger partial charge >= 0.3 is 5.97 Å². The number of ether oxygens (including phenoxy) is 1. The highest BCUT2D eigenvalue weighted by atomic mass is 16.5. The molecule has 1 aliphatic rings. The molecule has 1 aromatic heterocycles. The SMILES string of the molecule is CCOC(=O)C1CCCN(C(=O)CCCc2cccnc2)C1. The summed E-state index contributed by atoms with van der Waals surface area (Å²) in [7, 11) is 0. The zero-order valence-corrected chi connectivity index (χ0v) is 13.2. The van der Waals surface area contributed by atoms with Crippen LogP contribution in [0.4, 0.5) is 0 Å². The van der Waals surface area contributed by atoms with E-state index in [2.05, 4.69) is 4.98 Å². The van der Waals surface area contributed by atoms with Crippen molar-refractivity contribution < 1.29 is 14.3 Å². The average molecular weight is 304 g/mol. The van der Waals surface area contributed by atoms with E-state index in [-0.39, 0.29) is 17.8 Å². The zero-order chi connectivity index (χ0) is 15.8. The summed E-state index contributed by atoms with van der Waals surface area (Å²) in [5, 5.41) is 0. The fourth-order valence-corrected chi connectivity index (χ4v) is 2.80. The molecule has 2 rings (SSSR count). The van der Waals surface area contributed by atoms with Crippen molar-refractivity contribution in [1.82, 2.24) is 9.88 Å². The molecule has 1 saturated heterocycles. The largest absolute Gasteiger partial charge is 0.466 e. The van der Waals surface area contributed by atoms with Crippen LogP contribution in [0.3, 0.4) is 0 Å². The first kappa shape index (κ1) is 16.5. The second-order valence-electron chi connectivity index (χ2n) is 5.65. The molecular weight excluding hydrogens is 280 g/mol. The highest BCUT2D eigenvalue weighted by Gasteiger charge is 2.28. The molecule has 1 fully saturated rings. The Balaban J connectivity index is 1.75. The quantitative estimate of drug-likeness (QED) is 0.756. The molecule has 0 aliphatic carbocycles. The predicted molar refractivity (Wildman–Crippen MR) is 83.1 cm³/mol. The van der Waals surface area contributed by atoms with Gasteiger partial charge in [-0.25, -0.2) is 0 Å². The van der Waals surface area contributed by atoms with Crippen LogP contribution >= 0.6 is 0 Å². The summed E-state index contributed by atoms with van der Waals surface area (Å²) >= 11 is 0. The third kappa shape index (κ3) is 4.83. The molecule has 0 spiro atoms. The van der Waals surface area contributed by atoms with Gasteiger partial charge < -0.3 is 9.64 Å². The summed E-state index contributed by atoms with van der Waals surface area (Å²) in [4.78, 5) is 30.0. The van der Waals surface area contributed by atoms with Crippen molar-refractivity contribution in [2.24, 2.45) is 5.92 Å². The molecule has 0 saturated carbocycles. The van der Waals surface area contributed by atoms with Crippen LogP contribution in [0.5, 0.6) is 0 Å². The van der Waals surface area contributed by atoms with Gasteiger partial charge in [0.15, 0.2) is 0 Å². The van der Waals surface area contributed by atoms with E-state index in [9.17, 15) is 9.59 Å². The van der Waals surface area contributed by atoms with E-state index in [0.29, 0.717) is 19.6 Å². The van der Waals surface area contributed by atoms with Gasteiger partial charge in [0.25, 0.3) is 0 Å². The van der Waals surface area contributed by atoms with E-state index in [1.54, 1.807) is 6.20 Å². The monoisotopic (exact) mass is 304 g/mol. The predicted octanol–water partition coefficient (Wildman–Crippen LogP) is 2.21. The Morgan fingerprint density at radius 3 is 3.05 bits per heavy atom. The van der Waals surface area contributed by atoms with Crippen LogP contribution < -0.4 is 0 Å². The van der Waals surface area contributed by atoms with Crippen LogP contribution in [0.2, 0.25) is 0 Å². The topological polar surface area (TPSA) is 59.5 Å². The summed E-state index contributed by atoms with van der Waals surface area (Å²) in [5.41, 5.74) is 1.15.